The number of guanidine groups is 1. The molecule has 0 amide bonds. The zero-order chi connectivity index (χ0) is 17.3. The van der Waals surface area contributed by atoms with Crippen molar-refractivity contribution in [2.45, 2.75) is 65.5 Å². The minimum atomic E-state index is 0. The van der Waals surface area contributed by atoms with Crippen molar-refractivity contribution in [3.8, 4) is 0 Å². The molecule has 0 heterocycles. The largest absolute Gasteiger partial charge is 0.379 e. The number of hydrogen-bond donors (Lipinski definition) is 2. The lowest BCUT2D eigenvalue weighted by Gasteiger charge is -2.28. The Kier molecular flexibility index (Phi) is 12.3. The molecule has 24 heavy (non-hydrogen) atoms. The summed E-state index contributed by atoms with van der Waals surface area (Å²) in [4.78, 5) is 7.18. The van der Waals surface area contributed by atoms with E-state index < -0.39 is 0 Å². The topological polar surface area (TPSA) is 48.9 Å². The second-order valence-corrected chi connectivity index (χ2v) is 7.66. The summed E-state index contributed by atoms with van der Waals surface area (Å²) in [5.41, 5.74) is 0.0955. The van der Waals surface area contributed by atoms with Crippen molar-refractivity contribution < 1.29 is 4.74 Å². The van der Waals surface area contributed by atoms with E-state index in [0.29, 0.717) is 6.54 Å². The molecule has 1 fully saturated rings. The van der Waals surface area contributed by atoms with Crippen LogP contribution >= 0.6 is 24.0 Å². The Balaban J connectivity index is 0.00000529. The van der Waals surface area contributed by atoms with Crippen LogP contribution in [0.15, 0.2) is 4.99 Å². The van der Waals surface area contributed by atoms with Crippen LogP contribution in [-0.2, 0) is 4.74 Å². The van der Waals surface area contributed by atoms with Crippen LogP contribution in [0, 0.1) is 5.41 Å². The lowest BCUT2D eigenvalue weighted by Crippen LogP contribution is -2.43. The fraction of sp³-hybridized carbons (Fsp3) is 0.944. The number of nitrogens with one attached hydrogen (secondary N) is 2. The second kappa shape index (κ2) is 12.3. The van der Waals surface area contributed by atoms with Crippen LogP contribution in [0.2, 0.25) is 0 Å². The van der Waals surface area contributed by atoms with Crippen molar-refractivity contribution in [3.63, 3.8) is 0 Å². The average Bonchev–Trinajstić information content (AvgIpc) is 3.00. The number of hydrogen-bond acceptors (Lipinski definition) is 3. The fourth-order valence-electron chi connectivity index (χ4n) is 3.10. The van der Waals surface area contributed by atoms with Gasteiger partial charge in [-0.25, -0.2) is 0 Å². The summed E-state index contributed by atoms with van der Waals surface area (Å²) in [6.07, 6.45) is 5.60. The number of ether oxygens (including phenoxy) is 1. The normalized spacial score (nSPS) is 17.7. The standard InChI is InChI=1S/C18H38N4O.HI/c1-7-19-17(21-14-16(23-6)18(2,3)4)20-12-13-22(5)15-10-8-9-11-15;/h15-16H,7-14H2,1-6H3,(H2,19,20,21);1H. The summed E-state index contributed by atoms with van der Waals surface area (Å²) >= 11 is 0. The molecule has 1 rings (SSSR count). The molecule has 1 atom stereocenters. The van der Waals surface area contributed by atoms with Gasteiger partial charge in [-0.1, -0.05) is 33.6 Å². The Morgan fingerprint density at radius 1 is 1.25 bits per heavy atom. The van der Waals surface area contributed by atoms with Crippen LogP contribution < -0.4 is 10.6 Å². The highest BCUT2D eigenvalue weighted by molar-refractivity contribution is 14.0. The van der Waals surface area contributed by atoms with Gasteiger partial charge in [0, 0.05) is 32.8 Å². The highest BCUT2D eigenvalue weighted by atomic mass is 127. The summed E-state index contributed by atoms with van der Waals surface area (Å²) in [5, 5.41) is 6.77. The van der Waals surface area contributed by atoms with E-state index in [1.165, 1.54) is 25.7 Å². The molecule has 0 aliphatic heterocycles. The first-order chi connectivity index (χ1) is 10.9. The minimum absolute atomic E-state index is 0. The monoisotopic (exact) mass is 454 g/mol. The van der Waals surface area contributed by atoms with Crippen LogP contribution in [0.5, 0.6) is 0 Å². The zero-order valence-electron chi connectivity index (χ0n) is 16.5. The smallest absolute Gasteiger partial charge is 0.191 e. The quantitative estimate of drug-likeness (QED) is 0.336. The van der Waals surface area contributed by atoms with E-state index in [1.807, 2.05) is 0 Å². The Hall–Kier alpha value is -0.0800. The average molecular weight is 454 g/mol. The molecule has 0 aromatic rings. The van der Waals surface area contributed by atoms with Gasteiger partial charge in [0.15, 0.2) is 5.96 Å². The van der Waals surface area contributed by atoms with E-state index in [2.05, 4.69) is 50.3 Å². The molecule has 0 spiro atoms. The Morgan fingerprint density at radius 2 is 1.88 bits per heavy atom. The summed E-state index contributed by atoms with van der Waals surface area (Å²) in [6, 6.07) is 0.773. The predicted octanol–water partition coefficient (Wildman–Crippen LogP) is 3.10. The van der Waals surface area contributed by atoms with Gasteiger partial charge in [-0.05, 0) is 32.2 Å². The molecule has 1 saturated carbocycles. The number of methoxy groups -OCH3 is 1. The zero-order valence-corrected chi connectivity index (χ0v) is 18.9. The van der Waals surface area contributed by atoms with Crippen LogP contribution in [0.25, 0.3) is 0 Å². The molecule has 0 aromatic carbocycles. The van der Waals surface area contributed by atoms with Crippen LogP contribution in [0.3, 0.4) is 0 Å². The molecule has 0 bridgehead atoms. The van der Waals surface area contributed by atoms with Gasteiger partial charge in [-0.3, -0.25) is 4.99 Å². The maximum Gasteiger partial charge on any atom is 0.191 e. The van der Waals surface area contributed by atoms with Crippen molar-refractivity contribution in [1.82, 2.24) is 15.5 Å². The van der Waals surface area contributed by atoms with Gasteiger partial charge in [-0.15, -0.1) is 24.0 Å². The number of likely N-dealkylation sites (N-methyl/N-ethyl adjacent to an activating group) is 1. The summed E-state index contributed by atoms with van der Waals surface area (Å²) in [6.45, 7) is 12.2. The van der Waals surface area contributed by atoms with Gasteiger partial charge in [0.25, 0.3) is 0 Å². The third kappa shape index (κ3) is 8.85. The highest BCUT2D eigenvalue weighted by Gasteiger charge is 2.24. The summed E-state index contributed by atoms with van der Waals surface area (Å²) in [5.74, 6) is 0.888. The molecule has 2 N–H and O–H groups in total. The Labute approximate surface area is 166 Å². The van der Waals surface area contributed by atoms with E-state index >= 15 is 0 Å². The Morgan fingerprint density at radius 3 is 2.38 bits per heavy atom. The molecule has 6 heteroatoms. The van der Waals surface area contributed by atoms with E-state index in [1.54, 1.807) is 7.11 Å². The van der Waals surface area contributed by atoms with E-state index in [9.17, 15) is 0 Å². The summed E-state index contributed by atoms with van der Waals surface area (Å²) < 4.78 is 5.58. The molecule has 5 nitrogen and oxygen atoms in total. The lowest BCUT2D eigenvalue weighted by atomic mass is 9.89. The number of rotatable bonds is 8. The lowest BCUT2D eigenvalue weighted by molar-refractivity contribution is 0.0241. The molecule has 0 saturated heterocycles. The molecule has 1 aliphatic rings. The molecule has 0 aromatic heterocycles. The second-order valence-electron chi connectivity index (χ2n) is 7.66. The van der Waals surface area contributed by atoms with Crippen molar-refractivity contribution in [3.05, 3.63) is 0 Å². The van der Waals surface area contributed by atoms with Crippen molar-refractivity contribution in [2.75, 3.05) is 40.3 Å². The van der Waals surface area contributed by atoms with Gasteiger partial charge in [-0.2, -0.15) is 0 Å². The number of nitrogens with zero attached hydrogens (tertiary/aromatic N) is 2. The van der Waals surface area contributed by atoms with Gasteiger partial charge in [0.2, 0.25) is 0 Å². The number of halogens is 1. The first kappa shape index (κ1) is 23.9. The third-order valence-electron chi connectivity index (χ3n) is 4.71. The predicted molar refractivity (Wildman–Crippen MR) is 115 cm³/mol. The van der Waals surface area contributed by atoms with Crippen LogP contribution in [0.1, 0.15) is 53.4 Å². The molecule has 144 valence electrons. The molecule has 1 aliphatic carbocycles. The highest BCUT2D eigenvalue weighted by Crippen LogP contribution is 2.22. The van der Waals surface area contributed by atoms with Gasteiger partial charge < -0.3 is 20.3 Å². The molecule has 1 unspecified atom stereocenters. The maximum atomic E-state index is 5.58. The van der Waals surface area contributed by atoms with Gasteiger partial charge in [0.1, 0.15) is 0 Å². The van der Waals surface area contributed by atoms with Crippen molar-refractivity contribution in [2.24, 2.45) is 10.4 Å². The van der Waals surface area contributed by atoms with E-state index in [0.717, 1.165) is 31.6 Å². The van der Waals surface area contributed by atoms with E-state index in [4.69, 9.17) is 9.73 Å². The maximum absolute atomic E-state index is 5.58. The first-order valence-corrected chi connectivity index (χ1v) is 9.13. The van der Waals surface area contributed by atoms with Crippen molar-refractivity contribution >= 4 is 29.9 Å². The van der Waals surface area contributed by atoms with Crippen molar-refractivity contribution in [1.29, 1.82) is 0 Å². The minimum Gasteiger partial charge on any atom is -0.379 e. The third-order valence-corrected chi connectivity index (χ3v) is 4.71. The van der Waals surface area contributed by atoms with E-state index in [-0.39, 0.29) is 35.5 Å². The summed E-state index contributed by atoms with van der Waals surface area (Å²) in [7, 11) is 4.00. The molecule has 0 radical (unpaired) electrons. The van der Waals surface area contributed by atoms with Crippen LogP contribution in [0.4, 0.5) is 0 Å². The Bertz CT molecular complexity index is 351. The van der Waals surface area contributed by atoms with Gasteiger partial charge in [0.05, 0.1) is 12.6 Å². The first-order valence-electron chi connectivity index (χ1n) is 9.13. The SMILES string of the molecule is CCNC(=NCC(OC)C(C)(C)C)NCCN(C)C1CCCC1.I. The van der Waals surface area contributed by atoms with Gasteiger partial charge >= 0.3 is 0 Å². The fourth-order valence-corrected chi connectivity index (χ4v) is 3.10. The number of aliphatic imine (C=N–C) groups is 1. The molecular weight excluding hydrogens is 415 g/mol. The van der Waals surface area contributed by atoms with Crippen LogP contribution in [-0.4, -0.2) is 63.3 Å². The molecular formula is C18H39IN4O.